The van der Waals surface area contributed by atoms with Crippen LogP contribution in [0.4, 0.5) is 0 Å². The fourth-order valence-electron chi connectivity index (χ4n) is 3.35. The van der Waals surface area contributed by atoms with Crippen molar-refractivity contribution in [2.45, 2.75) is 57.1 Å². The van der Waals surface area contributed by atoms with E-state index in [9.17, 15) is 8.42 Å². The minimum Gasteiger partial charge on any atom is -0.314 e. The molecule has 3 unspecified atom stereocenters. The summed E-state index contributed by atoms with van der Waals surface area (Å²) in [7, 11) is -3.08. The van der Waals surface area contributed by atoms with Gasteiger partial charge in [0, 0.05) is 6.04 Å². The minimum absolute atomic E-state index is 0.176. The van der Waals surface area contributed by atoms with Gasteiger partial charge in [-0.15, -0.1) is 0 Å². The molecular formula is C17H27NO2S. The van der Waals surface area contributed by atoms with E-state index in [1.165, 1.54) is 0 Å². The quantitative estimate of drug-likeness (QED) is 0.878. The molecule has 1 aliphatic carbocycles. The van der Waals surface area contributed by atoms with E-state index in [1.807, 2.05) is 31.2 Å². The SMILES string of the molecule is CCCNC1CCC(S(=O)(=O)Cc2ccccc2C)C1C. The molecule has 3 nitrogen and oxygen atoms in total. The van der Waals surface area contributed by atoms with E-state index in [1.54, 1.807) is 0 Å². The molecule has 0 aliphatic heterocycles. The first-order chi connectivity index (χ1) is 9.95. The second kappa shape index (κ2) is 6.93. The molecule has 0 saturated heterocycles. The highest BCUT2D eigenvalue weighted by molar-refractivity contribution is 7.91. The monoisotopic (exact) mass is 309 g/mol. The van der Waals surface area contributed by atoms with E-state index < -0.39 is 9.84 Å². The van der Waals surface area contributed by atoms with Gasteiger partial charge >= 0.3 is 0 Å². The Kier molecular flexibility index (Phi) is 5.44. The van der Waals surface area contributed by atoms with Crippen LogP contribution < -0.4 is 5.32 Å². The second-order valence-corrected chi connectivity index (χ2v) is 8.49. The van der Waals surface area contributed by atoms with E-state index in [-0.39, 0.29) is 16.9 Å². The van der Waals surface area contributed by atoms with Gasteiger partial charge in [-0.3, -0.25) is 0 Å². The van der Waals surface area contributed by atoms with Gasteiger partial charge in [-0.2, -0.15) is 0 Å². The highest BCUT2D eigenvalue weighted by Gasteiger charge is 2.40. The average Bonchev–Trinajstić information content (AvgIpc) is 2.81. The Labute approximate surface area is 129 Å². The zero-order valence-corrected chi connectivity index (χ0v) is 14.1. The molecule has 0 spiro atoms. The van der Waals surface area contributed by atoms with Crippen molar-refractivity contribution >= 4 is 9.84 Å². The van der Waals surface area contributed by atoms with Gasteiger partial charge in [0.05, 0.1) is 11.0 Å². The molecule has 1 aliphatic rings. The summed E-state index contributed by atoms with van der Waals surface area (Å²) in [6.07, 6.45) is 2.85. The molecule has 1 saturated carbocycles. The smallest absolute Gasteiger partial charge is 0.157 e. The Morgan fingerprint density at radius 2 is 1.95 bits per heavy atom. The van der Waals surface area contributed by atoms with Crippen LogP contribution in [0.2, 0.25) is 0 Å². The Morgan fingerprint density at radius 1 is 1.24 bits per heavy atom. The maximum absolute atomic E-state index is 12.8. The van der Waals surface area contributed by atoms with Crippen LogP contribution in [-0.2, 0) is 15.6 Å². The van der Waals surface area contributed by atoms with Gasteiger partial charge in [0.15, 0.2) is 9.84 Å². The molecule has 1 fully saturated rings. The third-order valence-corrected chi connectivity index (χ3v) is 7.02. The molecule has 1 N–H and O–H groups in total. The average molecular weight is 309 g/mol. The molecule has 1 aromatic rings. The summed E-state index contributed by atoms with van der Waals surface area (Å²) in [5.41, 5.74) is 2.00. The Hall–Kier alpha value is -0.870. The zero-order valence-electron chi connectivity index (χ0n) is 13.3. The van der Waals surface area contributed by atoms with Gasteiger partial charge in [-0.1, -0.05) is 38.1 Å². The Balaban J connectivity index is 2.08. The molecule has 2 rings (SSSR count). The maximum atomic E-state index is 12.8. The summed E-state index contributed by atoms with van der Waals surface area (Å²) in [6, 6.07) is 8.13. The van der Waals surface area contributed by atoms with Crippen LogP contribution in [0, 0.1) is 12.8 Å². The lowest BCUT2D eigenvalue weighted by atomic mass is 10.1. The lowest BCUT2D eigenvalue weighted by Crippen LogP contribution is -2.37. The number of nitrogens with one attached hydrogen (secondary N) is 1. The maximum Gasteiger partial charge on any atom is 0.157 e. The van der Waals surface area contributed by atoms with Crippen molar-refractivity contribution in [2.24, 2.45) is 5.92 Å². The van der Waals surface area contributed by atoms with Crippen molar-refractivity contribution in [3.05, 3.63) is 35.4 Å². The molecule has 0 radical (unpaired) electrons. The number of benzene rings is 1. The summed E-state index contributed by atoms with van der Waals surface area (Å²) in [4.78, 5) is 0. The van der Waals surface area contributed by atoms with Crippen molar-refractivity contribution in [1.29, 1.82) is 0 Å². The van der Waals surface area contributed by atoms with Crippen LogP contribution in [0.25, 0.3) is 0 Å². The molecule has 0 heterocycles. The third-order valence-electron chi connectivity index (χ3n) is 4.72. The number of hydrogen-bond acceptors (Lipinski definition) is 3. The molecule has 0 aromatic heterocycles. The number of sulfone groups is 1. The third kappa shape index (κ3) is 3.86. The Bertz CT molecular complexity index is 568. The minimum atomic E-state index is -3.08. The van der Waals surface area contributed by atoms with E-state index in [4.69, 9.17) is 0 Å². The van der Waals surface area contributed by atoms with Gasteiger partial charge in [0.2, 0.25) is 0 Å². The summed E-state index contributed by atoms with van der Waals surface area (Å²) in [5.74, 6) is 0.375. The number of aryl methyl sites for hydroxylation is 1. The van der Waals surface area contributed by atoms with Crippen LogP contribution in [-0.4, -0.2) is 26.3 Å². The van der Waals surface area contributed by atoms with E-state index >= 15 is 0 Å². The first-order valence-electron chi connectivity index (χ1n) is 7.95. The number of rotatable bonds is 6. The van der Waals surface area contributed by atoms with Crippen molar-refractivity contribution in [3.63, 3.8) is 0 Å². The summed E-state index contributed by atoms with van der Waals surface area (Å²) < 4.78 is 25.5. The lowest BCUT2D eigenvalue weighted by molar-refractivity contribution is 0.425. The first kappa shape index (κ1) is 16.5. The largest absolute Gasteiger partial charge is 0.314 e. The molecule has 0 amide bonds. The predicted molar refractivity (Wildman–Crippen MR) is 88.1 cm³/mol. The second-order valence-electron chi connectivity index (χ2n) is 6.27. The molecule has 3 atom stereocenters. The Morgan fingerprint density at radius 3 is 2.62 bits per heavy atom. The predicted octanol–water partition coefficient (Wildman–Crippen LogP) is 3.08. The summed E-state index contributed by atoms with van der Waals surface area (Å²) in [5, 5.41) is 3.29. The van der Waals surface area contributed by atoms with Crippen LogP contribution in [0.5, 0.6) is 0 Å². The van der Waals surface area contributed by atoms with Gasteiger partial charge < -0.3 is 5.32 Å². The topological polar surface area (TPSA) is 46.2 Å². The summed E-state index contributed by atoms with van der Waals surface area (Å²) in [6.45, 7) is 7.17. The molecule has 4 heteroatoms. The highest BCUT2D eigenvalue weighted by atomic mass is 32.2. The molecule has 1 aromatic carbocycles. The van der Waals surface area contributed by atoms with Crippen molar-refractivity contribution in [3.8, 4) is 0 Å². The van der Waals surface area contributed by atoms with Crippen LogP contribution in [0.15, 0.2) is 24.3 Å². The van der Waals surface area contributed by atoms with Crippen molar-refractivity contribution < 1.29 is 8.42 Å². The molecular weight excluding hydrogens is 282 g/mol. The van der Waals surface area contributed by atoms with Gasteiger partial charge in [0.25, 0.3) is 0 Å². The van der Waals surface area contributed by atoms with E-state index in [0.717, 1.165) is 36.9 Å². The lowest BCUT2D eigenvalue weighted by Gasteiger charge is -2.22. The standard InChI is InChI=1S/C17H27NO2S/c1-4-11-18-16-9-10-17(14(16)3)21(19,20)12-15-8-6-5-7-13(15)2/h5-8,14,16-18H,4,9-12H2,1-3H3. The molecule has 118 valence electrons. The fraction of sp³-hybridized carbons (Fsp3) is 0.647. The van der Waals surface area contributed by atoms with E-state index in [2.05, 4.69) is 19.2 Å². The van der Waals surface area contributed by atoms with Gasteiger partial charge in [-0.25, -0.2) is 8.42 Å². The number of hydrogen-bond donors (Lipinski definition) is 1. The van der Waals surface area contributed by atoms with Crippen molar-refractivity contribution in [1.82, 2.24) is 5.32 Å². The van der Waals surface area contributed by atoms with Gasteiger partial charge in [-0.05, 0) is 49.8 Å². The van der Waals surface area contributed by atoms with E-state index in [0.29, 0.717) is 6.04 Å². The fourth-order valence-corrected chi connectivity index (χ4v) is 5.66. The van der Waals surface area contributed by atoms with Crippen LogP contribution in [0.1, 0.15) is 44.2 Å². The summed E-state index contributed by atoms with van der Waals surface area (Å²) >= 11 is 0. The van der Waals surface area contributed by atoms with Crippen molar-refractivity contribution in [2.75, 3.05) is 6.54 Å². The first-order valence-corrected chi connectivity index (χ1v) is 9.66. The highest BCUT2D eigenvalue weighted by Crippen LogP contribution is 2.33. The normalized spacial score (nSPS) is 26.1. The van der Waals surface area contributed by atoms with Crippen LogP contribution in [0.3, 0.4) is 0 Å². The molecule has 0 bridgehead atoms. The molecule has 21 heavy (non-hydrogen) atoms. The zero-order chi connectivity index (χ0) is 15.5. The van der Waals surface area contributed by atoms with Gasteiger partial charge in [0.1, 0.15) is 0 Å². The van der Waals surface area contributed by atoms with Crippen LogP contribution >= 0.6 is 0 Å².